The van der Waals surface area contributed by atoms with E-state index in [-0.39, 0.29) is 32.1 Å². The maximum absolute atomic E-state index is 12.1. The summed E-state index contributed by atoms with van der Waals surface area (Å²) < 4.78 is 26.8. The molecule has 0 fully saturated rings. The minimum atomic E-state index is -4.42. The Morgan fingerprint density at radius 2 is 1.12 bits per heavy atom. The lowest BCUT2D eigenvalue weighted by atomic mass is 10.1. The third-order valence-electron chi connectivity index (χ3n) is 8.24. The maximum Gasteiger partial charge on any atom is 0.472 e. The van der Waals surface area contributed by atoms with E-state index in [4.69, 9.17) is 13.8 Å². The topological polar surface area (TPSA) is 131 Å². The van der Waals surface area contributed by atoms with Crippen LogP contribution in [0.5, 0.6) is 0 Å². The molecule has 0 bridgehead atoms. The van der Waals surface area contributed by atoms with Gasteiger partial charge in [-0.2, -0.15) is 0 Å². The molecule has 0 aromatic rings. The highest BCUT2D eigenvalue weighted by atomic mass is 31.2. The van der Waals surface area contributed by atoms with E-state index in [1.165, 1.54) is 57.8 Å². The summed E-state index contributed by atoms with van der Waals surface area (Å²) in [4.78, 5) is 33.8. The molecule has 0 spiro atoms. The Hall–Kier alpha value is -2.03. The number of hydrogen-bond donors (Lipinski definition) is 3. The monoisotopic (exact) mass is 740 g/mol. The van der Waals surface area contributed by atoms with Gasteiger partial charge in [0.2, 0.25) is 5.91 Å². The number of carbonyl (C=O) groups is 2. The van der Waals surface area contributed by atoms with Crippen LogP contribution < -0.4 is 5.32 Å². The van der Waals surface area contributed by atoms with Crippen LogP contribution in [0.2, 0.25) is 0 Å². The van der Waals surface area contributed by atoms with Crippen LogP contribution in [0, 0.1) is 0 Å². The number of aliphatic hydroxyl groups excluding tert-OH is 1. The molecule has 0 radical (unpaired) electrons. The first kappa shape index (κ1) is 49.0. The second kappa shape index (κ2) is 37.7. The molecule has 2 unspecified atom stereocenters. The zero-order chi connectivity index (χ0) is 37.5. The minimum Gasteiger partial charge on any atom is -0.463 e. The average molecular weight is 740 g/mol. The molecule has 296 valence electrons. The fourth-order valence-corrected chi connectivity index (χ4v) is 5.97. The second-order valence-corrected chi connectivity index (χ2v) is 14.7. The van der Waals surface area contributed by atoms with Gasteiger partial charge < -0.3 is 20.1 Å². The van der Waals surface area contributed by atoms with Crippen molar-refractivity contribution < 1.29 is 37.9 Å². The smallest absolute Gasteiger partial charge is 0.463 e. The molecule has 3 N–H and O–H groups in total. The number of allylic oxidation sites excluding steroid dienone is 8. The second-order valence-electron chi connectivity index (χ2n) is 13.2. The molecule has 0 saturated carbocycles. The van der Waals surface area contributed by atoms with Gasteiger partial charge in [-0.3, -0.25) is 18.6 Å². The number of amides is 1. The van der Waals surface area contributed by atoms with E-state index in [1.807, 2.05) is 0 Å². The molecule has 0 saturated heterocycles. The van der Waals surface area contributed by atoms with Crippen LogP contribution in [-0.2, 0) is 27.9 Å². The predicted molar refractivity (Wildman–Crippen MR) is 210 cm³/mol. The van der Waals surface area contributed by atoms with Gasteiger partial charge >= 0.3 is 13.8 Å². The first-order chi connectivity index (χ1) is 24.8. The van der Waals surface area contributed by atoms with E-state index in [0.29, 0.717) is 6.42 Å². The van der Waals surface area contributed by atoms with E-state index in [0.717, 1.165) is 83.5 Å². The molecular weight excluding hydrogens is 665 g/mol. The lowest BCUT2D eigenvalue weighted by molar-refractivity contribution is -0.147. The van der Waals surface area contributed by atoms with E-state index in [2.05, 4.69) is 67.8 Å². The number of carbonyl (C=O) groups excluding carboxylic acids is 2. The van der Waals surface area contributed by atoms with Crippen molar-refractivity contribution in [1.82, 2.24) is 5.32 Å². The van der Waals surface area contributed by atoms with Gasteiger partial charge in [0.25, 0.3) is 0 Å². The third-order valence-corrected chi connectivity index (χ3v) is 9.23. The number of hydrogen-bond acceptors (Lipinski definition) is 7. The number of phosphoric acid groups is 1. The van der Waals surface area contributed by atoms with Crippen molar-refractivity contribution in [3.63, 3.8) is 0 Å². The molecule has 0 heterocycles. The number of nitrogens with one attached hydrogen (secondary N) is 1. The average Bonchev–Trinajstić information content (AvgIpc) is 3.11. The molecule has 0 rings (SSSR count). The van der Waals surface area contributed by atoms with Crippen LogP contribution in [0.4, 0.5) is 0 Å². The molecule has 0 aromatic carbocycles. The molecule has 0 aromatic heterocycles. The van der Waals surface area contributed by atoms with Gasteiger partial charge in [-0.25, -0.2) is 4.57 Å². The van der Waals surface area contributed by atoms with Gasteiger partial charge in [-0.15, -0.1) is 0 Å². The molecule has 0 aliphatic rings. The SMILES string of the molecule is CC/C=C\C/C=C\C/C=C\CCCCCCCCCC(=O)OCC(O)COP(=O)(O)OCCNC(=O)CCCCCCC/C=C\CCCCCC. The predicted octanol–water partition coefficient (Wildman–Crippen LogP) is 10.8. The standard InChI is InChI=1S/C41H74NO8P/c1-3-5-7-9-11-13-15-17-18-19-20-22-24-26-28-30-32-34-41(45)48-37-39(43)38-50-51(46,47)49-36-35-42-40(44)33-31-29-27-25-23-21-16-14-12-10-8-6-4-2/h5,7,11,13-14,16-18,39,43H,3-4,6,8-10,12,15,19-38H2,1-2H3,(H,42,44)(H,46,47)/b7-5-,13-11-,16-14-,18-17-. The van der Waals surface area contributed by atoms with E-state index in [9.17, 15) is 24.2 Å². The number of phosphoric ester groups is 1. The highest BCUT2D eigenvalue weighted by Gasteiger charge is 2.23. The first-order valence-electron chi connectivity index (χ1n) is 20.1. The largest absolute Gasteiger partial charge is 0.472 e. The van der Waals surface area contributed by atoms with Gasteiger partial charge in [0.15, 0.2) is 0 Å². The fraction of sp³-hybridized carbons (Fsp3) is 0.756. The summed E-state index contributed by atoms with van der Waals surface area (Å²) in [6, 6.07) is 0. The van der Waals surface area contributed by atoms with Crippen LogP contribution in [0.15, 0.2) is 48.6 Å². The van der Waals surface area contributed by atoms with Gasteiger partial charge in [0, 0.05) is 19.4 Å². The summed E-state index contributed by atoms with van der Waals surface area (Å²) in [5.74, 6) is -0.538. The fourth-order valence-electron chi connectivity index (χ4n) is 5.21. The summed E-state index contributed by atoms with van der Waals surface area (Å²) in [5, 5.41) is 12.7. The molecule has 2 atom stereocenters. The summed E-state index contributed by atoms with van der Waals surface area (Å²) in [5.41, 5.74) is 0. The van der Waals surface area contributed by atoms with Gasteiger partial charge in [0.1, 0.15) is 12.7 Å². The Morgan fingerprint density at radius 3 is 1.71 bits per heavy atom. The summed E-state index contributed by atoms with van der Waals surface area (Å²) in [6.45, 7) is 3.39. The minimum absolute atomic E-state index is 0.0748. The highest BCUT2D eigenvalue weighted by Crippen LogP contribution is 2.42. The van der Waals surface area contributed by atoms with Crippen molar-refractivity contribution >= 4 is 19.7 Å². The first-order valence-corrected chi connectivity index (χ1v) is 21.6. The third kappa shape index (κ3) is 39.0. The summed E-state index contributed by atoms with van der Waals surface area (Å²) >= 11 is 0. The maximum atomic E-state index is 12.1. The zero-order valence-electron chi connectivity index (χ0n) is 32.3. The van der Waals surface area contributed by atoms with Crippen molar-refractivity contribution in [2.24, 2.45) is 0 Å². The Labute approximate surface area is 311 Å². The molecule has 10 heteroatoms. The van der Waals surface area contributed by atoms with Crippen LogP contribution in [0.3, 0.4) is 0 Å². The molecule has 1 amide bonds. The normalized spacial score (nSPS) is 13.9. The van der Waals surface area contributed by atoms with Crippen LogP contribution >= 0.6 is 7.82 Å². The van der Waals surface area contributed by atoms with Crippen molar-refractivity contribution in [3.8, 4) is 0 Å². The number of esters is 1. The summed E-state index contributed by atoms with van der Waals surface area (Å²) in [6.07, 6.45) is 41.8. The van der Waals surface area contributed by atoms with Gasteiger partial charge in [-0.05, 0) is 70.6 Å². The molecule has 9 nitrogen and oxygen atoms in total. The Balaban J connectivity index is 3.64. The van der Waals surface area contributed by atoms with Gasteiger partial charge in [0.05, 0.1) is 13.2 Å². The molecule has 51 heavy (non-hydrogen) atoms. The molecule has 0 aliphatic carbocycles. The van der Waals surface area contributed by atoms with Crippen molar-refractivity contribution in [2.45, 2.75) is 174 Å². The van der Waals surface area contributed by atoms with Crippen molar-refractivity contribution in [1.29, 1.82) is 0 Å². The van der Waals surface area contributed by atoms with Crippen LogP contribution in [0.1, 0.15) is 168 Å². The quantitative estimate of drug-likeness (QED) is 0.0248. The zero-order valence-corrected chi connectivity index (χ0v) is 33.2. The van der Waals surface area contributed by atoms with Gasteiger partial charge in [-0.1, -0.05) is 133 Å². The lowest BCUT2D eigenvalue weighted by Crippen LogP contribution is -2.27. The highest BCUT2D eigenvalue weighted by molar-refractivity contribution is 7.47. The van der Waals surface area contributed by atoms with E-state index in [1.54, 1.807) is 0 Å². The van der Waals surface area contributed by atoms with E-state index >= 15 is 0 Å². The number of aliphatic hydroxyl groups is 1. The van der Waals surface area contributed by atoms with Crippen molar-refractivity contribution in [2.75, 3.05) is 26.4 Å². The summed E-state index contributed by atoms with van der Waals surface area (Å²) in [7, 11) is -4.42. The van der Waals surface area contributed by atoms with Crippen molar-refractivity contribution in [3.05, 3.63) is 48.6 Å². The van der Waals surface area contributed by atoms with Crippen LogP contribution in [0.25, 0.3) is 0 Å². The lowest BCUT2D eigenvalue weighted by Gasteiger charge is -2.15. The number of unbranched alkanes of at least 4 members (excludes halogenated alkanes) is 16. The Kier molecular flexibility index (Phi) is 36.2. The molecule has 0 aliphatic heterocycles. The Morgan fingerprint density at radius 1 is 0.627 bits per heavy atom. The Bertz CT molecular complexity index is 981. The number of ether oxygens (including phenoxy) is 1. The number of rotatable bonds is 37. The van der Waals surface area contributed by atoms with Crippen LogP contribution in [-0.4, -0.2) is 54.3 Å². The van der Waals surface area contributed by atoms with E-state index < -0.39 is 26.5 Å². The molecular formula is C41H74NO8P.